The van der Waals surface area contributed by atoms with Crippen molar-refractivity contribution in [2.45, 2.75) is 24.7 Å². The van der Waals surface area contributed by atoms with Gasteiger partial charge in [-0.15, -0.1) is 0 Å². The normalized spacial score (nSPS) is 17.1. The highest BCUT2D eigenvalue weighted by atomic mass is 32.2. The van der Waals surface area contributed by atoms with E-state index in [0.717, 1.165) is 24.9 Å². The molecule has 1 atom stereocenters. The molecule has 3 rings (SSSR count). The number of sulfonamides is 1. The van der Waals surface area contributed by atoms with Gasteiger partial charge in [-0.25, -0.2) is 13.1 Å². The van der Waals surface area contributed by atoms with Gasteiger partial charge in [0.05, 0.1) is 16.4 Å². The molecule has 10 heteroatoms. The third-order valence-electron chi connectivity index (χ3n) is 5.68. The number of nitro groups is 1. The van der Waals surface area contributed by atoms with Crippen molar-refractivity contribution >= 4 is 27.3 Å². The Bertz CT molecular complexity index is 1050. The van der Waals surface area contributed by atoms with Crippen molar-refractivity contribution in [3.63, 3.8) is 0 Å². The zero-order valence-corrected chi connectivity index (χ0v) is 19.0. The number of benzene rings is 2. The molecule has 1 saturated heterocycles. The van der Waals surface area contributed by atoms with Gasteiger partial charge in [0, 0.05) is 38.0 Å². The topological polar surface area (TPSA) is 113 Å². The van der Waals surface area contributed by atoms with Crippen molar-refractivity contribution in [2.75, 3.05) is 38.1 Å². The molecule has 1 N–H and O–H groups in total. The van der Waals surface area contributed by atoms with E-state index in [1.807, 2.05) is 11.8 Å². The van der Waals surface area contributed by atoms with E-state index in [-0.39, 0.29) is 29.0 Å². The van der Waals surface area contributed by atoms with Crippen LogP contribution in [0.4, 0.5) is 11.4 Å². The Morgan fingerprint density at radius 1 is 1.19 bits per heavy atom. The second-order valence-corrected chi connectivity index (χ2v) is 9.90. The molecule has 0 bridgehead atoms. The van der Waals surface area contributed by atoms with E-state index in [1.165, 1.54) is 17.0 Å². The summed E-state index contributed by atoms with van der Waals surface area (Å²) in [7, 11) is -1.93. The molecule has 1 unspecified atom stereocenters. The Hall–Kier alpha value is -2.82. The lowest BCUT2D eigenvalue weighted by atomic mass is 9.98. The molecule has 9 nitrogen and oxygen atoms in total. The number of aryl methyl sites for hydroxylation is 1. The third-order valence-corrected chi connectivity index (χ3v) is 7.12. The van der Waals surface area contributed by atoms with Crippen LogP contribution >= 0.6 is 0 Å². The molecule has 0 radical (unpaired) electrons. The number of piperidine rings is 1. The molecular formula is C22H28N4O5S. The summed E-state index contributed by atoms with van der Waals surface area (Å²) in [6, 6.07) is 12.6. The van der Waals surface area contributed by atoms with Crippen LogP contribution in [0.5, 0.6) is 0 Å². The summed E-state index contributed by atoms with van der Waals surface area (Å²) in [5.41, 5.74) is 1.55. The van der Waals surface area contributed by atoms with Crippen LogP contribution in [0.3, 0.4) is 0 Å². The minimum atomic E-state index is -3.57. The number of nitro benzene ring substituents is 1. The Kier molecular flexibility index (Phi) is 7.60. The van der Waals surface area contributed by atoms with Gasteiger partial charge in [0.1, 0.15) is 0 Å². The smallest absolute Gasteiger partial charge is 0.269 e. The number of anilines is 1. The number of nitrogens with one attached hydrogen (secondary N) is 1. The molecule has 1 amide bonds. The summed E-state index contributed by atoms with van der Waals surface area (Å²) in [6.45, 7) is 3.81. The maximum absolute atomic E-state index is 12.7. The van der Waals surface area contributed by atoms with Crippen molar-refractivity contribution in [2.24, 2.45) is 5.92 Å². The largest absolute Gasteiger partial charge is 0.314 e. The minimum Gasteiger partial charge on any atom is -0.314 e. The quantitative estimate of drug-likeness (QED) is 0.479. The first kappa shape index (κ1) is 23.8. The van der Waals surface area contributed by atoms with Gasteiger partial charge in [-0.1, -0.05) is 17.7 Å². The monoisotopic (exact) mass is 460 g/mol. The summed E-state index contributed by atoms with van der Waals surface area (Å²) in [5, 5.41) is 10.8. The molecule has 1 heterocycles. The van der Waals surface area contributed by atoms with Crippen molar-refractivity contribution in [3.8, 4) is 0 Å². The fourth-order valence-electron chi connectivity index (χ4n) is 3.73. The number of non-ortho nitro benzene ring substituents is 1. The third kappa shape index (κ3) is 6.12. The first-order valence-corrected chi connectivity index (χ1v) is 11.9. The zero-order valence-electron chi connectivity index (χ0n) is 18.2. The molecule has 0 saturated carbocycles. The lowest BCUT2D eigenvalue weighted by Gasteiger charge is -2.33. The SMILES string of the molecule is Cc1ccc(S(=O)(=O)NCC2CCCN(CC(=O)N(C)c3ccc([N+](=O)[O-])cc3)C2)cc1. The standard InChI is InChI=1S/C22H28N4O5S/c1-17-5-11-21(12-6-17)32(30,31)23-14-18-4-3-13-25(15-18)16-22(27)24(2)19-7-9-20(10-8-19)26(28)29/h5-12,18,23H,3-4,13-16H2,1-2H3. The molecule has 1 aliphatic rings. The van der Waals surface area contributed by atoms with E-state index in [1.54, 1.807) is 43.4 Å². The van der Waals surface area contributed by atoms with Crippen molar-refractivity contribution in [1.82, 2.24) is 9.62 Å². The Balaban J connectivity index is 1.53. The van der Waals surface area contributed by atoms with Gasteiger partial charge >= 0.3 is 0 Å². The molecule has 0 spiro atoms. The lowest BCUT2D eigenvalue weighted by molar-refractivity contribution is -0.384. The van der Waals surface area contributed by atoms with E-state index in [9.17, 15) is 23.3 Å². The minimum absolute atomic E-state index is 0.0263. The highest BCUT2D eigenvalue weighted by Crippen LogP contribution is 2.20. The van der Waals surface area contributed by atoms with Crippen LogP contribution in [-0.2, 0) is 14.8 Å². The predicted octanol–water partition coefficient (Wildman–Crippen LogP) is 2.56. The van der Waals surface area contributed by atoms with E-state index in [2.05, 4.69) is 4.72 Å². The first-order valence-electron chi connectivity index (χ1n) is 10.5. The van der Waals surface area contributed by atoms with E-state index >= 15 is 0 Å². The number of nitrogens with zero attached hydrogens (tertiary/aromatic N) is 3. The van der Waals surface area contributed by atoms with E-state index in [4.69, 9.17) is 0 Å². The number of hydrogen-bond acceptors (Lipinski definition) is 6. The second-order valence-electron chi connectivity index (χ2n) is 8.13. The van der Waals surface area contributed by atoms with Gasteiger partial charge in [-0.05, 0) is 56.5 Å². The second kappa shape index (κ2) is 10.2. The Morgan fingerprint density at radius 3 is 2.47 bits per heavy atom. The Morgan fingerprint density at radius 2 is 1.84 bits per heavy atom. The van der Waals surface area contributed by atoms with Gasteiger partial charge in [-0.3, -0.25) is 19.8 Å². The zero-order chi connectivity index (χ0) is 23.3. The summed E-state index contributed by atoms with van der Waals surface area (Å²) in [6.07, 6.45) is 1.77. The molecule has 1 aliphatic heterocycles. The van der Waals surface area contributed by atoms with Crippen LogP contribution in [0.25, 0.3) is 0 Å². The highest BCUT2D eigenvalue weighted by Gasteiger charge is 2.25. The molecule has 2 aromatic rings. The van der Waals surface area contributed by atoms with Gasteiger partial charge in [0.25, 0.3) is 5.69 Å². The summed E-state index contributed by atoms with van der Waals surface area (Å²) in [5.74, 6) is -0.0128. The highest BCUT2D eigenvalue weighted by molar-refractivity contribution is 7.89. The molecule has 1 fully saturated rings. The maximum atomic E-state index is 12.7. The molecule has 0 aromatic heterocycles. The van der Waals surface area contributed by atoms with Crippen molar-refractivity contribution in [1.29, 1.82) is 0 Å². The number of rotatable bonds is 8. The van der Waals surface area contributed by atoms with Gasteiger partial charge in [-0.2, -0.15) is 0 Å². The summed E-state index contributed by atoms with van der Waals surface area (Å²) < 4.78 is 27.8. The van der Waals surface area contributed by atoms with Gasteiger partial charge < -0.3 is 4.90 Å². The fourth-order valence-corrected chi connectivity index (χ4v) is 4.85. The number of carbonyl (C=O) groups is 1. The molecular weight excluding hydrogens is 432 g/mol. The van der Waals surface area contributed by atoms with Crippen LogP contribution in [0.15, 0.2) is 53.4 Å². The molecule has 172 valence electrons. The number of likely N-dealkylation sites (N-methyl/N-ethyl adjacent to an activating group) is 1. The maximum Gasteiger partial charge on any atom is 0.269 e. The molecule has 32 heavy (non-hydrogen) atoms. The van der Waals surface area contributed by atoms with E-state index < -0.39 is 14.9 Å². The molecule has 0 aliphatic carbocycles. The first-order chi connectivity index (χ1) is 15.2. The van der Waals surface area contributed by atoms with Gasteiger partial charge in [0.15, 0.2) is 0 Å². The number of hydrogen-bond donors (Lipinski definition) is 1. The number of carbonyl (C=O) groups excluding carboxylic acids is 1. The van der Waals surface area contributed by atoms with Crippen LogP contribution < -0.4 is 9.62 Å². The summed E-state index contributed by atoms with van der Waals surface area (Å²) in [4.78, 5) is 26.8. The average Bonchev–Trinajstić information content (AvgIpc) is 2.78. The van der Waals surface area contributed by atoms with E-state index in [0.29, 0.717) is 18.8 Å². The van der Waals surface area contributed by atoms with Crippen LogP contribution in [-0.4, -0.2) is 57.4 Å². The van der Waals surface area contributed by atoms with Crippen LogP contribution in [0.2, 0.25) is 0 Å². The Labute approximate surface area is 188 Å². The average molecular weight is 461 g/mol. The fraction of sp³-hybridized carbons (Fsp3) is 0.409. The van der Waals surface area contributed by atoms with Gasteiger partial charge in [0.2, 0.25) is 15.9 Å². The number of amides is 1. The predicted molar refractivity (Wildman–Crippen MR) is 122 cm³/mol. The summed E-state index contributed by atoms with van der Waals surface area (Å²) >= 11 is 0. The number of likely N-dealkylation sites (tertiary alicyclic amines) is 1. The van der Waals surface area contributed by atoms with Crippen LogP contribution in [0.1, 0.15) is 18.4 Å². The molecule has 2 aromatic carbocycles. The van der Waals surface area contributed by atoms with Crippen molar-refractivity contribution in [3.05, 3.63) is 64.2 Å². The van der Waals surface area contributed by atoms with Crippen LogP contribution in [0, 0.1) is 23.0 Å². The van der Waals surface area contributed by atoms with Crippen molar-refractivity contribution < 1.29 is 18.1 Å². The lowest BCUT2D eigenvalue weighted by Crippen LogP contribution is -2.45.